The third-order valence-corrected chi connectivity index (χ3v) is 13.3. The van der Waals surface area contributed by atoms with Gasteiger partial charge in [-0.1, -0.05) is 6.92 Å². The first-order chi connectivity index (χ1) is 22.1. The van der Waals surface area contributed by atoms with Crippen LogP contribution in [0.1, 0.15) is 49.9 Å². The summed E-state index contributed by atoms with van der Waals surface area (Å²) < 4.78 is 43.6. The van der Waals surface area contributed by atoms with Crippen LogP contribution in [0.4, 0.5) is 0 Å². The van der Waals surface area contributed by atoms with Crippen molar-refractivity contribution in [1.29, 1.82) is 0 Å². The van der Waals surface area contributed by atoms with Crippen LogP contribution in [-0.4, -0.2) is 119 Å². The van der Waals surface area contributed by atoms with Gasteiger partial charge in [-0.05, 0) is 56.0 Å². The van der Waals surface area contributed by atoms with Crippen molar-refractivity contribution in [2.24, 2.45) is 34.5 Å². The minimum absolute atomic E-state index is 0.00534. The lowest BCUT2D eigenvalue weighted by molar-refractivity contribution is -0.287. The van der Waals surface area contributed by atoms with Crippen molar-refractivity contribution in [2.75, 3.05) is 55.2 Å². The highest BCUT2D eigenvalue weighted by molar-refractivity contribution is 5.89. The van der Waals surface area contributed by atoms with Crippen molar-refractivity contribution in [3.8, 4) is 5.75 Å². The van der Waals surface area contributed by atoms with Gasteiger partial charge in [0.2, 0.25) is 0 Å². The summed E-state index contributed by atoms with van der Waals surface area (Å²) in [7, 11) is 8.44. The molecule has 0 radical (unpaired) electrons. The molecule has 1 aliphatic heterocycles. The van der Waals surface area contributed by atoms with E-state index in [9.17, 15) is 14.7 Å². The Morgan fingerprint density at radius 1 is 0.978 bits per heavy atom. The average Bonchev–Trinajstić information content (AvgIpc) is 3.42. The molecule has 1 aromatic rings. The number of methoxy groups -OCH3 is 5. The average molecular weight is 644 g/mol. The zero-order valence-electron chi connectivity index (χ0n) is 28.0. The first-order valence-electron chi connectivity index (χ1n) is 16.6. The maximum absolute atomic E-state index is 13.9. The van der Waals surface area contributed by atoms with Gasteiger partial charge in [0.05, 0.1) is 37.6 Å². The molecule has 6 fully saturated rings. The third-order valence-electron chi connectivity index (χ3n) is 13.3. The van der Waals surface area contributed by atoms with E-state index in [1.807, 2.05) is 0 Å². The predicted molar refractivity (Wildman–Crippen MR) is 164 cm³/mol. The summed E-state index contributed by atoms with van der Waals surface area (Å²) in [5.41, 5.74) is -3.03. The lowest BCUT2D eigenvalue weighted by atomic mass is 9.43. The van der Waals surface area contributed by atoms with Crippen LogP contribution in [0, 0.1) is 34.5 Å². The zero-order valence-corrected chi connectivity index (χ0v) is 28.0. The fourth-order valence-electron chi connectivity index (χ4n) is 12.4. The molecule has 7 bridgehead atoms. The molecule has 11 nitrogen and oxygen atoms in total. The number of fused-ring (bicyclic) bond motifs is 2. The molecule has 5 aliphatic carbocycles. The second kappa shape index (κ2) is 11.1. The van der Waals surface area contributed by atoms with Crippen molar-refractivity contribution < 1.29 is 47.9 Å². The molecule has 0 amide bonds. The summed E-state index contributed by atoms with van der Waals surface area (Å²) in [6, 6.07) is 6.66. The Morgan fingerprint density at radius 3 is 2.28 bits per heavy atom. The van der Waals surface area contributed by atoms with Crippen LogP contribution in [0.2, 0.25) is 0 Å². The van der Waals surface area contributed by atoms with E-state index in [1.54, 1.807) is 59.8 Å². The number of likely N-dealkylation sites (tertiary alicyclic amines) is 1. The number of esters is 2. The molecule has 6 aliphatic rings. The number of nitrogens with zero attached hydrogens (tertiary/aromatic N) is 1. The summed E-state index contributed by atoms with van der Waals surface area (Å²) in [6.45, 7) is 5.80. The van der Waals surface area contributed by atoms with Crippen molar-refractivity contribution in [2.45, 2.75) is 81.2 Å². The van der Waals surface area contributed by atoms with Crippen LogP contribution in [0.25, 0.3) is 0 Å². The highest BCUT2D eigenvalue weighted by Gasteiger charge is 2.89. The first-order valence-corrected chi connectivity index (χ1v) is 16.6. The van der Waals surface area contributed by atoms with Gasteiger partial charge < -0.3 is 38.3 Å². The number of aliphatic hydroxyl groups is 1. The highest BCUT2D eigenvalue weighted by atomic mass is 16.6. The number of carbonyl (C=O) groups is 2. The number of piperidine rings is 1. The van der Waals surface area contributed by atoms with Crippen LogP contribution >= 0.6 is 0 Å². The van der Waals surface area contributed by atoms with Crippen LogP contribution in [-0.2, 0) is 33.2 Å². The number of hydrogen-bond donors (Lipinski definition) is 1. The van der Waals surface area contributed by atoms with Crippen molar-refractivity contribution >= 4 is 11.9 Å². The molecular formula is C35H49NO10. The van der Waals surface area contributed by atoms with Gasteiger partial charge in [-0.15, -0.1) is 0 Å². The molecule has 1 spiro atoms. The second-order valence-electron chi connectivity index (χ2n) is 14.6. The molecule has 11 heteroatoms. The van der Waals surface area contributed by atoms with Crippen LogP contribution < -0.4 is 4.74 Å². The molecule has 0 aromatic heterocycles. The smallest absolute Gasteiger partial charge is 0.338 e. The topological polar surface area (TPSA) is 122 Å². The Balaban J connectivity index is 1.46. The number of hydrogen-bond acceptors (Lipinski definition) is 11. The summed E-state index contributed by atoms with van der Waals surface area (Å²) in [5.74, 6) is -1.38. The zero-order chi connectivity index (χ0) is 32.8. The van der Waals surface area contributed by atoms with Crippen molar-refractivity contribution in [3.63, 3.8) is 0 Å². The Hall–Kier alpha value is -2.28. The molecule has 1 heterocycles. The molecule has 0 unspecified atom stereocenters. The molecule has 7 rings (SSSR count). The van der Waals surface area contributed by atoms with Crippen LogP contribution in [0.3, 0.4) is 0 Å². The molecule has 13 atom stereocenters. The Bertz CT molecular complexity index is 1360. The van der Waals surface area contributed by atoms with Gasteiger partial charge in [0, 0.05) is 83.0 Å². The van der Waals surface area contributed by atoms with E-state index in [0.717, 1.165) is 25.9 Å². The molecular weight excluding hydrogens is 594 g/mol. The van der Waals surface area contributed by atoms with Gasteiger partial charge in [0.25, 0.3) is 0 Å². The summed E-state index contributed by atoms with van der Waals surface area (Å²) >= 11 is 0. The predicted octanol–water partition coefficient (Wildman–Crippen LogP) is 2.72. The first kappa shape index (κ1) is 32.3. The Labute approximate surface area is 271 Å². The van der Waals surface area contributed by atoms with Crippen LogP contribution in [0.15, 0.2) is 24.3 Å². The van der Waals surface area contributed by atoms with E-state index >= 15 is 0 Å². The molecule has 5 saturated carbocycles. The van der Waals surface area contributed by atoms with E-state index in [-0.39, 0.29) is 47.8 Å². The minimum Gasteiger partial charge on any atom is -0.497 e. The largest absolute Gasteiger partial charge is 0.497 e. The molecule has 1 N–H and O–H groups in total. The monoisotopic (exact) mass is 643 g/mol. The van der Waals surface area contributed by atoms with E-state index in [4.69, 9.17) is 33.2 Å². The number of benzene rings is 1. The van der Waals surface area contributed by atoms with Gasteiger partial charge in [-0.25, -0.2) is 4.79 Å². The standard InChI is InChI=1S/C35H49NO10/c1-8-36-17-32(18-40-3)14-13-23(42-5)35-22-15-33(39)24(43-6)16-34(46-19(2)37,26(29(35)36)27(44-7)28(32)35)25(22)30(33)45-31(38)20-9-11-21(41-4)12-10-20/h9-12,22-30,39H,8,13-18H2,1-7H3/t22-,23-,24-,25+,26+,27-,28-,29+,30-,32-,33+,34+,35+/m0/s1. The van der Waals surface area contributed by atoms with Gasteiger partial charge in [0.15, 0.2) is 0 Å². The summed E-state index contributed by atoms with van der Waals surface area (Å²) in [4.78, 5) is 29.7. The highest BCUT2D eigenvalue weighted by Crippen LogP contribution is 2.80. The van der Waals surface area contributed by atoms with E-state index in [2.05, 4.69) is 11.8 Å². The van der Waals surface area contributed by atoms with Crippen molar-refractivity contribution in [1.82, 2.24) is 4.90 Å². The Morgan fingerprint density at radius 2 is 1.70 bits per heavy atom. The quantitative estimate of drug-likeness (QED) is 0.379. The number of rotatable bonds is 10. The fraction of sp³-hybridized carbons (Fsp3) is 0.771. The van der Waals surface area contributed by atoms with E-state index < -0.39 is 46.7 Å². The summed E-state index contributed by atoms with van der Waals surface area (Å²) in [6.07, 6.45) is 0.142. The van der Waals surface area contributed by atoms with E-state index in [1.165, 1.54) is 6.92 Å². The van der Waals surface area contributed by atoms with E-state index in [0.29, 0.717) is 24.3 Å². The lowest BCUT2D eigenvalue weighted by Crippen LogP contribution is -2.77. The molecule has 254 valence electrons. The second-order valence-corrected chi connectivity index (χ2v) is 14.6. The number of ether oxygens (including phenoxy) is 7. The van der Waals surface area contributed by atoms with Gasteiger partial charge >= 0.3 is 11.9 Å². The molecule has 46 heavy (non-hydrogen) atoms. The third kappa shape index (κ3) is 3.87. The normalized spacial score (nSPS) is 46.6. The van der Waals surface area contributed by atoms with Crippen molar-refractivity contribution in [3.05, 3.63) is 29.8 Å². The summed E-state index contributed by atoms with van der Waals surface area (Å²) in [5, 5.41) is 12.8. The molecule has 1 saturated heterocycles. The van der Waals surface area contributed by atoms with Gasteiger partial charge in [-0.3, -0.25) is 9.69 Å². The van der Waals surface area contributed by atoms with Gasteiger partial charge in [-0.2, -0.15) is 0 Å². The maximum atomic E-state index is 13.9. The molecule has 1 aromatic carbocycles. The maximum Gasteiger partial charge on any atom is 0.338 e. The fourth-order valence-corrected chi connectivity index (χ4v) is 12.4. The SMILES string of the molecule is CCN1C[C@]2(COC)CC[C@H](OC)[C@]34[C@H]5C[C@@]6(O)[C@@H](OC)C[C@](OC(C)=O)([C@H]([C@H](OC)[C@@H]23)[C@@H]14)[C@H]5[C@@H]6OC(=O)c1ccc(OC)cc1. The van der Waals surface area contributed by atoms with Gasteiger partial charge in [0.1, 0.15) is 23.1 Å². The van der Waals surface area contributed by atoms with Crippen LogP contribution in [0.5, 0.6) is 5.75 Å². The lowest BCUT2D eigenvalue weighted by Gasteiger charge is -2.69. The Kier molecular flexibility index (Phi) is 7.81. The number of carbonyl (C=O) groups excluding carboxylic acids is 2. The minimum atomic E-state index is -1.51.